The van der Waals surface area contributed by atoms with Gasteiger partial charge in [0.1, 0.15) is 29.1 Å². The van der Waals surface area contributed by atoms with Gasteiger partial charge in [0.25, 0.3) is 0 Å². The number of fused-ring (bicyclic) bond motifs is 4. The fourth-order valence-corrected chi connectivity index (χ4v) is 11.5. The average Bonchev–Trinajstić information content (AvgIpc) is 4.05. The van der Waals surface area contributed by atoms with Crippen LogP contribution >= 0.6 is 11.3 Å². The number of phenols is 1. The Hall–Kier alpha value is -8.57. The molecule has 0 aliphatic carbocycles. The van der Waals surface area contributed by atoms with Crippen molar-refractivity contribution in [2.75, 3.05) is 17.3 Å². The molecular formula is C58H45N5O7S. The molecule has 1 aromatic heterocycles. The number of amides is 4. The number of thiazole rings is 1. The number of benzene rings is 7. The largest absolute Gasteiger partial charge is 0.508 e. The molecule has 7 aromatic carbocycles. The lowest BCUT2D eigenvalue weighted by atomic mass is 9.65. The molecule has 2 saturated heterocycles. The van der Waals surface area contributed by atoms with Crippen LogP contribution in [0.3, 0.4) is 0 Å². The van der Waals surface area contributed by atoms with E-state index in [1.807, 2.05) is 151 Å². The highest BCUT2D eigenvalue weighted by Crippen LogP contribution is 2.66. The number of aromatic hydroxyl groups is 1. The van der Waals surface area contributed by atoms with Crippen LogP contribution in [0, 0.1) is 17.8 Å². The van der Waals surface area contributed by atoms with Crippen molar-refractivity contribution in [3.8, 4) is 23.3 Å². The first-order valence-electron chi connectivity index (χ1n) is 23.2. The number of imide groups is 1. The van der Waals surface area contributed by atoms with Gasteiger partial charge in [0.15, 0.2) is 5.13 Å². The number of hydrogen-bond acceptors (Lipinski definition) is 10. The molecule has 3 aliphatic rings. The average molecular weight is 956 g/mol. The van der Waals surface area contributed by atoms with E-state index in [9.17, 15) is 5.11 Å². The van der Waals surface area contributed by atoms with Crippen LogP contribution in [0.15, 0.2) is 182 Å². The van der Waals surface area contributed by atoms with Gasteiger partial charge >= 0.3 is 12.0 Å². The number of hydrogen-bond donors (Lipinski definition) is 3. The van der Waals surface area contributed by atoms with E-state index in [0.717, 1.165) is 20.7 Å². The molecule has 0 saturated carbocycles. The van der Waals surface area contributed by atoms with Crippen molar-refractivity contribution in [1.82, 2.24) is 15.2 Å². The van der Waals surface area contributed by atoms with Crippen LogP contribution in [0.25, 0.3) is 10.2 Å². The minimum atomic E-state index is -2.06. The number of nitrogens with zero attached hydrogens (tertiary/aromatic N) is 3. The summed E-state index contributed by atoms with van der Waals surface area (Å²) in [5, 5.41) is 17.2. The van der Waals surface area contributed by atoms with Gasteiger partial charge in [-0.3, -0.25) is 19.3 Å². The molecule has 11 rings (SSSR count). The standard InChI is InChI=1S/C58H45N5O7S/c1-35(38-14-6-3-7-15-38)59-57(68)62-46-33-26-37(23-22-36-24-31-43(69-2)32-25-36)34-44(46)58(55(62)67)48(53(65)61-56-60-45-20-12-13-21-47(45)71-56)50-54(66)70-51(40-18-10-5-11-19-40)49(39-16-8-4-9-17-39)63(50)52(58)41-27-29-42(64)30-28-41/h3-21,24-35,48-52,64H,1-2H3,(H,59,68)(H,60,61,65). The summed E-state index contributed by atoms with van der Waals surface area (Å²) in [5.74, 6) is 3.42. The van der Waals surface area contributed by atoms with Crippen LogP contribution in [0.4, 0.5) is 15.6 Å². The minimum Gasteiger partial charge on any atom is -0.508 e. The lowest BCUT2D eigenvalue weighted by Crippen LogP contribution is -2.55. The van der Waals surface area contributed by atoms with Crippen LogP contribution < -0.4 is 20.3 Å². The third-order valence-electron chi connectivity index (χ3n) is 13.8. The van der Waals surface area contributed by atoms with Crippen molar-refractivity contribution in [2.45, 2.75) is 42.6 Å². The molecule has 7 atom stereocenters. The predicted molar refractivity (Wildman–Crippen MR) is 271 cm³/mol. The number of para-hydroxylation sites is 1. The fraction of sp³-hybridized carbons (Fsp3) is 0.155. The number of nitrogens with one attached hydrogen (secondary N) is 2. The Morgan fingerprint density at radius 3 is 2.07 bits per heavy atom. The third-order valence-corrected chi connectivity index (χ3v) is 14.7. The highest BCUT2D eigenvalue weighted by atomic mass is 32.1. The molecule has 13 heteroatoms. The summed E-state index contributed by atoms with van der Waals surface area (Å²) in [4.78, 5) is 71.1. The second kappa shape index (κ2) is 18.4. The first kappa shape index (κ1) is 44.9. The third kappa shape index (κ3) is 7.83. The molecule has 0 radical (unpaired) electrons. The molecule has 0 bridgehead atoms. The Kier molecular flexibility index (Phi) is 11.6. The molecule has 350 valence electrons. The summed E-state index contributed by atoms with van der Waals surface area (Å²) < 4.78 is 12.8. The van der Waals surface area contributed by atoms with Crippen molar-refractivity contribution >= 4 is 56.2 Å². The molecule has 1 spiro atoms. The summed E-state index contributed by atoms with van der Waals surface area (Å²) in [6.45, 7) is 1.83. The van der Waals surface area contributed by atoms with Crippen molar-refractivity contribution in [1.29, 1.82) is 0 Å². The second-order valence-electron chi connectivity index (χ2n) is 17.8. The number of urea groups is 1. The summed E-state index contributed by atoms with van der Waals surface area (Å²) >= 11 is 1.26. The normalized spacial score (nSPS) is 21.7. The lowest BCUT2D eigenvalue weighted by molar-refractivity contribution is -0.177. The van der Waals surface area contributed by atoms with Gasteiger partial charge in [0.2, 0.25) is 11.8 Å². The molecule has 7 unspecified atom stereocenters. The van der Waals surface area contributed by atoms with E-state index >= 15 is 19.2 Å². The number of carbonyl (C=O) groups is 4. The zero-order valence-electron chi connectivity index (χ0n) is 38.4. The van der Waals surface area contributed by atoms with Gasteiger partial charge in [0.05, 0.1) is 47.1 Å². The number of aromatic nitrogens is 1. The molecule has 3 aliphatic heterocycles. The number of anilines is 2. The van der Waals surface area contributed by atoms with Crippen LogP contribution in [0.5, 0.6) is 11.5 Å². The maximum absolute atomic E-state index is 16.7. The number of morpholine rings is 1. The zero-order chi connectivity index (χ0) is 48.8. The molecule has 2 fully saturated rings. The molecule has 4 amide bonds. The fourth-order valence-electron chi connectivity index (χ4n) is 10.6. The smallest absolute Gasteiger partial charge is 0.329 e. The number of methoxy groups -OCH3 is 1. The van der Waals surface area contributed by atoms with Gasteiger partial charge < -0.3 is 25.2 Å². The summed E-state index contributed by atoms with van der Waals surface area (Å²) in [6.07, 6.45) is -0.922. The van der Waals surface area contributed by atoms with Crippen LogP contribution in [-0.4, -0.2) is 52.0 Å². The molecule has 12 nitrogen and oxygen atoms in total. The first-order chi connectivity index (χ1) is 34.6. The Morgan fingerprint density at radius 2 is 1.38 bits per heavy atom. The Balaban J connectivity index is 1.18. The summed E-state index contributed by atoms with van der Waals surface area (Å²) in [6, 6.07) is 50.0. The molecular weight excluding hydrogens is 911 g/mol. The van der Waals surface area contributed by atoms with Crippen molar-refractivity contribution in [2.24, 2.45) is 5.92 Å². The lowest BCUT2D eigenvalue weighted by Gasteiger charge is -2.46. The van der Waals surface area contributed by atoms with E-state index in [2.05, 4.69) is 22.5 Å². The SMILES string of the molecule is COc1ccc(C#Cc2ccc3c(c2)C2(C(=O)N3C(=O)NC(C)c3ccccc3)C(C(=O)Nc3nc4ccccc4s3)C3C(=O)OC(c4ccccc4)C(c4ccccc4)N3C2c2ccc(O)cc2)cc1. The second-order valence-corrected chi connectivity index (χ2v) is 18.8. The Bertz CT molecular complexity index is 3360. The highest BCUT2D eigenvalue weighted by molar-refractivity contribution is 7.22. The molecule has 8 aromatic rings. The van der Waals surface area contributed by atoms with Gasteiger partial charge in [0, 0.05) is 11.1 Å². The summed E-state index contributed by atoms with van der Waals surface area (Å²) in [7, 11) is 1.59. The number of ether oxygens (including phenoxy) is 2. The highest BCUT2D eigenvalue weighted by Gasteiger charge is 2.75. The molecule has 4 heterocycles. The maximum Gasteiger partial charge on any atom is 0.329 e. The Labute approximate surface area is 413 Å². The number of esters is 1. The number of rotatable bonds is 8. The minimum absolute atomic E-state index is 0.0348. The van der Waals surface area contributed by atoms with Crippen molar-refractivity contribution in [3.63, 3.8) is 0 Å². The maximum atomic E-state index is 16.7. The summed E-state index contributed by atoms with van der Waals surface area (Å²) in [5.41, 5.74) is 3.05. The first-order valence-corrected chi connectivity index (χ1v) is 24.0. The van der Waals surface area contributed by atoms with Gasteiger partial charge in [-0.1, -0.05) is 138 Å². The quantitative estimate of drug-likeness (QED) is 0.0999. The van der Waals surface area contributed by atoms with Crippen LogP contribution in [0.2, 0.25) is 0 Å². The van der Waals surface area contributed by atoms with E-state index in [4.69, 9.17) is 14.5 Å². The van der Waals surface area contributed by atoms with E-state index in [1.165, 1.54) is 23.5 Å². The monoisotopic (exact) mass is 955 g/mol. The zero-order valence-corrected chi connectivity index (χ0v) is 39.2. The topological polar surface area (TPSA) is 150 Å². The van der Waals surface area contributed by atoms with E-state index in [-0.39, 0.29) is 16.6 Å². The van der Waals surface area contributed by atoms with Crippen LogP contribution in [-0.2, 0) is 24.5 Å². The van der Waals surface area contributed by atoms with Gasteiger partial charge in [-0.25, -0.2) is 14.7 Å². The molecule has 3 N–H and O–H groups in total. The van der Waals surface area contributed by atoms with Crippen LogP contribution in [0.1, 0.15) is 70.1 Å². The number of phenolic OH excluding ortho intramolecular Hbond substituents is 1. The number of cyclic esters (lactones) is 1. The van der Waals surface area contributed by atoms with Crippen molar-refractivity contribution in [3.05, 3.63) is 221 Å². The Morgan fingerprint density at radius 1 is 0.746 bits per heavy atom. The van der Waals surface area contributed by atoms with Gasteiger partial charge in [-0.2, -0.15) is 0 Å². The van der Waals surface area contributed by atoms with E-state index in [0.29, 0.717) is 39.1 Å². The number of carbonyl (C=O) groups excluding carboxylic acids is 4. The van der Waals surface area contributed by atoms with Crippen molar-refractivity contribution < 1.29 is 33.8 Å². The predicted octanol–water partition coefficient (Wildman–Crippen LogP) is 10.2. The van der Waals surface area contributed by atoms with E-state index in [1.54, 1.807) is 37.4 Å². The van der Waals surface area contributed by atoms with E-state index < -0.39 is 65.4 Å². The van der Waals surface area contributed by atoms with Gasteiger partial charge in [-0.05, 0) is 101 Å². The molecule has 71 heavy (non-hydrogen) atoms. The van der Waals surface area contributed by atoms with Gasteiger partial charge in [-0.15, -0.1) is 0 Å².